The van der Waals surface area contributed by atoms with Crippen molar-refractivity contribution in [2.45, 2.75) is 121 Å². The number of alkyl carbamates (subject to hydrolysis) is 1. The summed E-state index contributed by atoms with van der Waals surface area (Å²) in [4.78, 5) is 55.0. The summed E-state index contributed by atoms with van der Waals surface area (Å²) in [6.07, 6.45) is -19.7. The van der Waals surface area contributed by atoms with Crippen molar-refractivity contribution >= 4 is 23.9 Å². The van der Waals surface area contributed by atoms with Gasteiger partial charge in [0, 0.05) is 20.1 Å². The fraction of sp³-hybridized carbons (Fsp3) is 0.600. The average molecular weight is 782 g/mol. The first-order valence-electron chi connectivity index (χ1n) is 18.5. The van der Waals surface area contributed by atoms with Gasteiger partial charge < -0.3 is 29.7 Å². The van der Waals surface area contributed by atoms with E-state index in [4.69, 9.17) is 14.2 Å². The molecular formula is C40H52F5N3O7. The zero-order valence-electron chi connectivity index (χ0n) is 32.4. The van der Waals surface area contributed by atoms with E-state index < -0.39 is 96.9 Å². The summed E-state index contributed by atoms with van der Waals surface area (Å²) in [5.41, 5.74) is 2.62. The zero-order valence-corrected chi connectivity index (χ0v) is 32.4. The Morgan fingerprint density at radius 2 is 1.35 bits per heavy atom. The van der Waals surface area contributed by atoms with Crippen molar-refractivity contribution < 1.29 is 55.3 Å². The lowest BCUT2D eigenvalue weighted by atomic mass is 9.88. The molecule has 0 saturated heterocycles. The fourth-order valence-corrected chi connectivity index (χ4v) is 7.29. The first-order chi connectivity index (χ1) is 25.9. The summed E-state index contributed by atoms with van der Waals surface area (Å²) in [7, 11) is 2.68. The molecule has 1 saturated carbocycles. The topological polar surface area (TPSA) is 123 Å². The van der Waals surface area contributed by atoms with Crippen LogP contribution in [-0.2, 0) is 28.6 Å². The van der Waals surface area contributed by atoms with Crippen molar-refractivity contribution in [3.05, 3.63) is 59.7 Å². The number of carbonyl (C=O) groups is 4. The first-order valence-corrected chi connectivity index (χ1v) is 18.5. The van der Waals surface area contributed by atoms with Crippen molar-refractivity contribution in [3.8, 4) is 11.1 Å². The molecule has 0 heterocycles. The number of amides is 3. The average Bonchev–Trinajstić information content (AvgIpc) is 3.48. The van der Waals surface area contributed by atoms with E-state index in [0.29, 0.717) is 6.42 Å². The van der Waals surface area contributed by atoms with Crippen molar-refractivity contribution in [1.29, 1.82) is 0 Å². The number of fused-ring (bicyclic) bond motifs is 3. The summed E-state index contributed by atoms with van der Waals surface area (Å²) in [6.45, 7) is 9.95. The Balaban J connectivity index is 1.41. The van der Waals surface area contributed by atoms with Crippen LogP contribution >= 0.6 is 0 Å². The van der Waals surface area contributed by atoms with E-state index in [1.807, 2.05) is 55.5 Å². The van der Waals surface area contributed by atoms with E-state index in [2.05, 4.69) is 10.6 Å². The molecule has 2 aliphatic rings. The second kappa shape index (κ2) is 18.1. The molecule has 2 aromatic carbocycles. The smallest absolute Gasteiger partial charge is 0.408 e. The molecule has 2 aliphatic carbocycles. The highest BCUT2D eigenvalue weighted by molar-refractivity contribution is 5.93. The molecule has 0 aliphatic heterocycles. The number of alkyl halides is 5. The van der Waals surface area contributed by atoms with Gasteiger partial charge in [0.25, 0.3) is 0 Å². The molecule has 8 atom stereocenters. The molecule has 0 aromatic heterocycles. The highest BCUT2D eigenvalue weighted by atomic mass is 19.2. The molecular weight excluding hydrogens is 729 g/mol. The molecule has 0 radical (unpaired) electrons. The van der Waals surface area contributed by atoms with Gasteiger partial charge in [-0.2, -0.15) is 0 Å². The molecule has 55 heavy (non-hydrogen) atoms. The minimum absolute atomic E-state index is 0.0227. The lowest BCUT2D eigenvalue weighted by molar-refractivity contribution is -0.179. The van der Waals surface area contributed by atoms with E-state index >= 15 is 0 Å². The van der Waals surface area contributed by atoms with Crippen molar-refractivity contribution in [2.24, 2.45) is 11.8 Å². The van der Waals surface area contributed by atoms with Crippen LogP contribution in [0.15, 0.2) is 48.5 Å². The quantitative estimate of drug-likeness (QED) is 0.160. The Morgan fingerprint density at radius 3 is 1.84 bits per heavy atom. The standard InChI is InChI=1S/C40H52F5N3O7/c1-9-21(4)35(27(53-8)18-28(49)55-36-32(44)30(42)29(41)31(43)33(36)45)48(7)37(50)34(20(2)3)46-38(51)40(5,6)47-39(52)54-19-26-24-16-12-10-14-22(24)23-15-11-13-17-25(23)26/h10-17,20-21,26-27,29-36H,9,18-19H2,1-8H3,(H,46,51)(H,47,52)/t21-,27+,29?,30?,31?,32?,33?,34-,35-,36?/m0/s1. The summed E-state index contributed by atoms with van der Waals surface area (Å²) < 4.78 is 86.5. The number of esters is 1. The first kappa shape index (κ1) is 43.5. The van der Waals surface area contributed by atoms with Crippen molar-refractivity contribution in [3.63, 3.8) is 0 Å². The Labute approximate surface area is 318 Å². The fourth-order valence-electron chi connectivity index (χ4n) is 7.29. The maximum absolute atomic E-state index is 14.4. The van der Waals surface area contributed by atoms with Gasteiger partial charge in [-0.15, -0.1) is 0 Å². The molecule has 10 nitrogen and oxygen atoms in total. The number of rotatable bonds is 15. The van der Waals surface area contributed by atoms with E-state index in [9.17, 15) is 41.1 Å². The number of hydrogen-bond donors (Lipinski definition) is 2. The van der Waals surface area contributed by atoms with Crippen molar-refractivity contribution in [2.75, 3.05) is 20.8 Å². The lowest BCUT2D eigenvalue weighted by Crippen LogP contribution is -2.62. The van der Waals surface area contributed by atoms with Crippen LogP contribution in [-0.4, -0.2) is 110 Å². The third-order valence-electron chi connectivity index (χ3n) is 10.7. The second-order valence-corrected chi connectivity index (χ2v) is 15.3. The molecule has 2 N–H and O–H groups in total. The number of ether oxygens (including phenoxy) is 3. The van der Waals surface area contributed by atoms with Crippen LogP contribution in [0.4, 0.5) is 26.7 Å². The summed E-state index contributed by atoms with van der Waals surface area (Å²) in [6, 6.07) is 13.7. The third-order valence-corrected chi connectivity index (χ3v) is 10.7. The van der Waals surface area contributed by atoms with Crippen LogP contribution in [0.1, 0.15) is 71.4 Å². The van der Waals surface area contributed by atoms with Gasteiger partial charge in [0.2, 0.25) is 11.8 Å². The van der Waals surface area contributed by atoms with Gasteiger partial charge in [0.1, 0.15) is 18.2 Å². The highest BCUT2D eigenvalue weighted by Gasteiger charge is 2.55. The Kier molecular flexibility index (Phi) is 14.3. The predicted octanol–water partition coefficient (Wildman–Crippen LogP) is 6.34. The van der Waals surface area contributed by atoms with Gasteiger partial charge in [-0.3, -0.25) is 14.4 Å². The van der Waals surface area contributed by atoms with Gasteiger partial charge in [0.05, 0.1) is 18.6 Å². The van der Waals surface area contributed by atoms with Crippen molar-refractivity contribution in [1.82, 2.24) is 15.5 Å². The number of halogens is 5. The number of hydrogen-bond acceptors (Lipinski definition) is 7. The summed E-state index contributed by atoms with van der Waals surface area (Å²) in [5.74, 6) is -3.55. The third kappa shape index (κ3) is 9.41. The Morgan fingerprint density at radius 1 is 0.836 bits per heavy atom. The lowest BCUT2D eigenvalue weighted by Gasteiger charge is -2.40. The van der Waals surface area contributed by atoms with Crippen LogP contribution < -0.4 is 10.6 Å². The SMILES string of the molecule is CC[C@H](C)[C@@H]([C@@H](CC(=O)OC1C(F)C(F)C(F)C(F)C1F)OC)N(C)C(=O)[C@@H](NC(=O)C(C)(C)NC(=O)OCC1c2ccccc2-c2ccccc21)C(C)C. The maximum atomic E-state index is 14.4. The molecule has 3 amide bonds. The van der Waals surface area contributed by atoms with Crippen LogP contribution in [0.2, 0.25) is 0 Å². The van der Waals surface area contributed by atoms with E-state index in [1.54, 1.807) is 20.8 Å². The van der Waals surface area contributed by atoms with Gasteiger partial charge in [-0.05, 0) is 47.9 Å². The van der Waals surface area contributed by atoms with Crippen LogP contribution in [0.5, 0.6) is 0 Å². The number of benzene rings is 2. The Hall–Kier alpha value is -4.27. The molecule has 0 spiro atoms. The van der Waals surface area contributed by atoms with Gasteiger partial charge >= 0.3 is 12.1 Å². The number of carbonyl (C=O) groups excluding carboxylic acids is 4. The summed E-state index contributed by atoms with van der Waals surface area (Å²) >= 11 is 0. The molecule has 1 fully saturated rings. The molecule has 304 valence electrons. The van der Waals surface area contributed by atoms with E-state index in [0.717, 1.165) is 22.3 Å². The maximum Gasteiger partial charge on any atom is 0.408 e. The zero-order chi connectivity index (χ0) is 40.9. The van der Waals surface area contributed by atoms with E-state index in [1.165, 1.54) is 32.9 Å². The molecule has 4 rings (SSSR count). The van der Waals surface area contributed by atoms with E-state index in [-0.39, 0.29) is 18.4 Å². The van der Waals surface area contributed by atoms with Gasteiger partial charge in [-0.25, -0.2) is 26.7 Å². The largest absolute Gasteiger partial charge is 0.456 e. The highest BCUT2D eigenvalue weighted by Crippen LogP contribution is 2.44. The van der Waals surface area contributed by atoms with Crippen LogP contribution in [0.25, 0.3) is 11.1 Å². The molecule has 4 unspecified atom stereocenters. The second-order valence-electron chi connectivity index (χ2n) is 15.3. The van der Waals surface area contributed by atoms with Gasteiger partial charge in [0.15, 0.2) is 37.0 Å². The molecule has 15 heteroatoms. The normalized spacial score (nSPS) is 24.5. The van der Waals surface area contributed by atoms with Crippen LogP contribution in [0, 0.1) is 11.8 Å². The minimum Gasteiger partial charge on any atom is -0.456 e. The van der Waals surface area contributed by atoms with Crippen LogP contribution in [0.3, 0.4) is 0 Å². The number of methoxy groups -OCH3 is 1. The summed E-state index contributed by atoms with van der Waals surface area (Å²) in [5, 5.41) is 5.33. The monoisotopic (exact) mass is 781 g/mol. The number of nitrogens with one attached hydrogen (secondary N) is 2. The number of likely N-dealkylation sites (N-methyl/N-ethyl adjacent to an activating group) is 1. The number of nitrogens with zero attached hydrogens (tertiary/aromatic N) is 1. The molecule has 2 aromatic rings. The minimum atomic E-state index is -3.05. The Bertz CT molecular complexity index is 1620. The van der Waals surface area contributed by atoms with Gasteiger partial charge in [-0.1, -0.05) is 82.6 Å². The predicted molar refractivity (Wildman–Crippen MR) is 195 cm³/mol. The molecule has 0 bridgehead atoms.